The van der Waals surface area contributed by atoms with Crippen molar-refractivity contribution >= 4 is 28.1 Å². The molecule has 0 bridgehead atoms. The molecule has 2 aromatic rings. The number of amides is 2. The minimum absolute atomic E-state index is 0.0775. The van der Waals surface area contributed by atoms with Crippen LogP contribution in [0.5, 0.6) is 0 Å². The zero-order valence-electron chi connectivity index (χ0n) is 13.2. The second-order valence-electron chi connectivity index (χ2n) is 6.68. The standard InChI is InChI=1S/C16H20N4O2S/c1-18-5-2-3-16(14(18)22)4-6-20(11-16)13(21)9-12-10-19-7-8-23-15(19)17-12/h7-8,10H,2-6,9,11H2,1H3. The average molecular weight is 332 g/mol. The van der Waals surface area contributed by atoms with Gasteiger partial charge in [0.2, 0.25) is 11.8 Å². The molecule has 2 aromatic heterocycles. The van der Waals surface area contributed by atoms with Crippen molar-refractivity contribution in [3.63, 3.8) is 0 Å². The number of nitrogens with zero attached hydrogens (tertiary/aromatic N) is 4. The number of carbonyl (C=O) groups excluding carboxylic acids is 2. The summed E-state index contributed by atoms with van der Waals surface area (Å²) in [5, 5.41) is 1.98. The van der Waals surface area contributed by atoms with E-state index in [1.54, 1.807) is 11.3 Å². The lowest BCUT2D eigenvalue weighted by Crippen LogP contribution is -2.48. The summed E-state index contributed by atoms with van der Waals surface area (Å²) in [6, 6.07) is 0. The van der Waals surface area contributed by atoms with Crippen LogP contribution < -0.4 is 0 Å². The molecule has 1 atom stereocenters. The van der Waals surface area contributed by atoms with E-state index in [9.17, 15) is 9.59 Å². The summed E-state index contributed by atoms with van der Waals surface area (Å²) in [5.74, 6) is 0.287. The lowest BCUT2D eigenvalue weighted by atomic mass is 9.78. The predicted octanol–water partition coefficient (Wildman–Crippen LogP) is 1.41. The first-order valence-electron chi connectivity index (χ1n) is 8.02. The highest BCUT2D eigenvalue weighted by atomic mass is 32.1. The van der Waals surface area contributed by atoms with Crippen molar-refractivity contribution in [2.24, 2.45) is 5.41 Å². The molecular formula is C16H20N4O2S. The van der Waals surface area contributed by atoms with Crippen LogP contribution in [0.2, 0.25) is 0 Å². The summed E-state index contributed by atoms with van der Waals surface area (Å²) >= 11 is 1.56. The number of hydrogen-bond donors (Lipinski definition) is 0. The normalized spacial score (nSPS) is 25.0. The van der Waals surface area contributed by atoms with E-state index in [1.807, 2.05) is 39.0 Å². The molecule has 1 unspecified atom stereocenters. The minimum atomic E-state index is -0.336. The van der Waals surface area contributed by atoms with Crippen molar-refractivity contribution in [3.8, 4) is 0 Å². The van der Waals surface area contributed by atoms with Gasteiger partial charge in [-0.05, 0) is 19.3 Å². The minimum Gasteiger partial charge on any atom is -0.345 e. The molecule has 0 aliphatic carbocycles. The predicted molar refractivity (Wildman–Crippen MR) is 87.3 cm³/mol. The monoisotopic (exact) mass is 332 g/mol. The van der Waals surface area contributed by atoms with Gasteiger partial charge in [-0.2, -0.15) is 0 Å². The van der Waals surface area contributed by atoms with Gasteiger partial charge in [0, 0.05) is 44.5 Å². The van der Waals surface area contributed by atoms with Crippen LogP contribution in [0.1, 0.15) is 25.0 Å². The third-order valence-electron chi connectivity index (χ3n) is 5.13. The van der Waals surface area contributed by atoms with Crippen molar-refractivity contribution < 1.29 is 9.59 Å². The number of carbonyl (C=O) groups is 2. The zero-order valence-corrected chi connectivity index (χ0v) is 14.0. The van der Waals surface area contributed by atoms with Gasteiger partial charge in [-0.3, -0.25) is 14.0 Å². The van der Waals surface area contributed by atoms with Gasteiger partial charge in [0.15, 0.2) is 4.96 Å². The average Bonchev–Trinajstić information content (AvgIpc) is 3.19. The molecule has 1 spiro atoms. The fraction of sp³-hybridized carbons (Fsp3) is 0.562. The van der Waals surface area contributed by atoms with Gasteiger partial charge >= 0.3 is 0 Å². The van der Waals surface area contributed by atoms with Crippen LogP contribution in [0.4, 0.5) is 0 Å². The van der Waals surface area contributed by atoms with Gasteiger partial charge in [-0.1, -0.05) is 0 Å². The van der Waals surface area contributed by atoms with E-state index >= 15 is 0 Å². The first-order chi connectivity index (χ1) is 11.1. The van der Waals surface area contributed by atoms with Crippen LogP contribution in [0.15, 0.2) is 17.8 Å². The number of likely N-dealkylation sites (tertiary alicyclic amines) is 2. The van der Waals surface area contributed by atoms with E-state index in [4.69, 9.17) is 0 Å². The van der Waals surface area contributed by atoms with E-state index in [0.717, 1.165) is 36.5 Å². The molecule has 122 valence electrons. The number of fused-ring (bicyclic) bond motifs is 1. The van der Waals surface area contributed by atoms with Crippen LogP contribution in [-0.2, 0) is 16.0 Å². The number of aromatic nitrogens is 2. The maximum Gasteiger partial charge on any atom is 0.230 e. The fourth-order valence-electron chi connectivity index (χ4n) is 3.86. The molecule has 0 radical (unpaired) electrons. The maximum absolute atomic E-state index is 12.6. The number of thiazole rings is 1. The molecule has 7 heteroatoms. The molecule has 2 saturated heterocycles. The molecule has 4 heterocycles. The highest BCUT2D eigenvalue weighted by Gasteiger charge is 2.48. The molecule has 0 N–H and O–H groups in total. The fourth-order valence-corrected chi connectivity index (χ4v) is 4.58. The summed E-state index contributed by atoms with van der Waals surface area (Å²) in [7, 11) is 1.87. The van der Waals surface area contributed by atoms with Gasteiger partial charge in [-0.15, -0.1) is 11.3 Å². The Balaban J connectivity index is 1.45. The summed E-state index contributed by atoms with van der Waals surface area (Å²) in [5.41, 5.74) is 0.465. The van der Waals surface area contributed by atoms with Crippen LogP contribution in [-0.4, -0.2) is 57.7 Å². The number of hydrogen-bond acceptors (Lipinski definition) is 4. The Morgan fingerprint density at radius 1 is 1.39 bits per heavy atom. The van der Waals surface area contributed by atoms with E-state index < -0.39 is 0 Å². The SMILES string of the molecule is CN1CCCC2(CCN(C(=O)Cc3cn4ccsc4n3)C2)C1=O. The Labute approximate surface area is 138 Å². The lowest BCUT2D eigenvalue weighted by molar-refractivity contribution is -0.144. The first-order valence-corrected chi connectivity index (χ1v) is 8.90. The van der Waals surface area contributed by atoms with Crippen molar-refractivity contribution in [2.75, 3.05) is 26.7 Å². The Hall–Kier alpha value is -1.89. The maximum atomic E-state index is 12.6. The van der Waals surface area contributed by atoms with Crippen molar-refractivity contribution in [3.05, 3.63) is 23.5 Å². The summed E-state index contributed by atoms with van der Waals surface area (Å²) in [4.78, 5) is 34.2. The number of rotatable bonds is 2. The van der Waals surface area contributed by atoms with Crippen molar-refractivity contribution in [1.29, 1.82) is 0 Å². The molecule has 6 nitrogen and oxygen atoms in total. The molecule has 2 fully saturated rings. The quantitative estimate of drug-likeness (QED) is 0.835. The zero-order chi connectivity index (χ0) is 16.0. The number of imidazole rings is 1. The van der Waals surface area contributed by atoms with Crippen molar-refractivity contribution in [2.45, 2.75) is 25.7 Å². The lowest BCUT2D eigenvalue weighted by Gasteiger charge is -2.37. The molecule has 23 heavy (non-hydrogen) atoms. The second kappa shape index (κ2) is 5.33. The Morgan fingerprint density at radius 2 is 2.26 bits per heavy atom. The summed E-state index contributed by atoms with van der Waals surface area (Å²) in [6.07, 6.45) is 6.90. The number of piperidine rings is 1. The molecule has 2 amide bonds. The van der Waals surface area contributed by atoms with Gasteiger partial charge in [0.1, 0.15) is 0 Å². The van der Waals surface area contributed by atoms with Crippen LogP contribution in [0.3, 0.4) is 0 Å². The van der Waals surface area contributed by atoms with Gasteiger partial charge < -0.3 is 9.80 Å². The highest BCUT2D eigenvalue weighted by Crippen LogP contribution is 2.39. The van der Waals surface area contributed by atoms with Gasteiger partial charge in [-0.25, -0.2) is 4.98 Å². The van der Waals surface area contributed by atoms with E-state index in [1.165, 1.54) is 0 Å². The molecule has 2 aliphatic heterocycles. The third-order valence-corrected chi connectivity index (χ3v) is 5.90. The molecule has 2 aliphatic rings. The van der Waals surface area contributed by atoms with E-state index in [-0.39, 0.29) is 17.2 Å². The third kappa shape index (κ3) is 2.43. The Morgan fingerprint density at radius 3 is 3.09 bits per heavy atom. The molecular weight excluding hydrogens is 312 g/mol. The summed E-state index contributed by atoms with van der Waals surface area (Å²) < 4.78 is 1.94. The molecule has 0 aromatic carbocycles. The Kier molecular flexibility index (Phi) is 3.41. The van der Waals surface area contributed by atoms with Crippen LogP contribution in [0.25, 0.3) is 4.96 Å². The van der Waals surface area contributed by atoms with Crippen LogP contribution in [0, 0.1) is 5.41 Å². The van der Waals surface area contributed by atoms with Crippen LogP contribution >= 0.6 is 11.3 Å². The van der Waals surface area contributed by atoms with E-state index in [2.05, 4.69) is 4.98 Å². The van der Waals surface area contributed by atoms with Gasteiger partial charge in [0.05, 0.1) is 17.5 Å². The highest BCUT2D eigenvalue weighted by molar-refractivity contribution is 7.15. The van der Waals surface area contributed by atoms with Crippen molar-refractivity contribution in [1.82, 2.24) is 19.2 Å². The Bertz CT molecular complexity index is 739. The van der Waals surface area contributed by atoms with E-state index in [0.29, 0.717) is 19.5 Å². The second-order valence-corrected chi connectivity index (χ2v) is 7.55. The molecule has 0 saturated carbocycles. The summed E-state index contributed by atoms with van der Waals surface area (Å²) in [6.45, 7) is 2.08. The largest absolute Gasteiger partial charge is 0.345 e. The first kappa shape index (κ1) is 14.7. The smallest absolute Gasteiger partial charge is 0.230 e. The topological polar surface area (TPSA) is 57.9 Å². The molecule has 4 rings (SSSR count). The van der Waals surface area contributed by atoms with Gasteiger partial charge in [0.25, 0.3) is 0 Å².